The van der Waals surface area contributed by atoms with Crippen molar-refractivity contribution in [2.75, 3.05) is 16.8 Å². The second-order valence-electron chi connectivity index (χ2n) is 7.59. The Kier molecular flexibility index (Phi) is 5.61. The summed E-state index contributed by atoms with van der Waals surface area (Å²) in [6.45, 7) is 2.72. The van der Waals surface area contributed by atoms with Crippen LogP contribution >= 0.6 is 0 Å². The molecule has 0 spiro atoms. The van der Waals surface area contributed by atoms with Crippen LogP contribution in [-0.2, 0) is 11.2 Å². The number of carbonyl (C=O) groups excluding carboxylic acids is 2. The lowest BCUT2D eigenvalue weighted by Gasteiger charge is -2.17. The van der Waals surface area contributed by atoms with E-state index in [1.807, 2.05) is 48.5 Å². The van der Waals surface area contributed by atoms with Gasteiger partial charge in [-0.3, -0.25) is 9.59 Å². The molecule has 0 unspecified atom stereocenters. The average molecular weight is 386 g/mol. The van der Waals surface area contributed by atoms with Gasteiger partial charge in [0.25, 0.3) is 5.91 Å². The summed E-state index contributed by atoms with van der Waals surface area (Å²) in [4.78, 5) is 26.9. The number of anilines is 2. The van der Waals surface area contributed by atoms with Crippen molar-refractivity contribution >= 4 is 34.0 Å². The van der Waals surface area contributed by atoms with E-state index >= 15 is 0 Å². The number of hydrogen-bond acceptors (Lipinski definition) is 2. The summed E-state index contributed by atoms with van der Waals surface area (Å²) in [6, 6.07) is 19.9. The third kappa shape index (κ3) is 4.02. The van der Waals surface area contributed by atoms with Gasteiger partial charge in [-0.15, -0.1) is 0 Å². The minimum atomic E-state index is -0.0197. The summed E-state index contributed by atoms with van der Waals surface area (Å²) in [6.07, 6.45) is 4.43. The fourth-order valence-corrected chi connectivity index (χ4v) is 3.96. The number of nitrogens with one attached hydrogen (secondary N) is 1. The first-order valence-corrected chi connectivity index (χ1v) is 10.4. The Morgan fingerprint density at radius 2 is 1.72 bits per heavy atom. The highest BCUT2D eigenvalue weighted by molar-refractivity contribution is 6.25. The molecule has 4 rings (SSSR count). The normalized spacial score (nSPS) is 12.6. The Hall–Kier alpha value is -3.14. The van der Waals surface area contributed by atoms with E-state index in [2.05, 4.69) is 24.4 Å². The number of aryl methyl sites for hydroxylation is 1. The Balaban J connectivity index is 1.32. The van der Waals surface area contributed by atoms with Crippen LogP contribution in [0.15, 0.2) is 60.7 Å². The highest BCUT2D eigenvalue weighted by Crippen LogP contribution is 2.37. The van der Waals surface area contributed by atoms with Crippen LogP contribution in [0.25, 0.3) is 10.8 Å². The summed E-state index contributed by atoms with van der Waals surface area (Å²) < 4.78 is 0. The standard InChI is InChI=1S/C25H26N2O2/c1-2-3-7-18-13-15-20(16-14-18)26-23(28)12-6-17-27-22-11-5-9-19-8-4-10-21(24(19)22)25(27)29/h4-5,8-11,13-16H,2-3,6-7,12,17H2,1H3,(H,26,28). The Morgan fingerprint density at radius 1 is 0.966 bits per heavy atom. The fraction of sp³-hybridized carbons (Fsp3) is 0.280. The van der Waals surface area contributed by atoms with E-state index in [1.54, 1.807) is 4.90 Å². The van der Waals surface area contributed by atoms with Crippen molar-refractivity contribution in [2.24, 2.45) is 0 Å². The predicted octanol–water partition coefficient (Wildman–Crippen LogP) is 5.56. The van der Waals surface area contributed by atoms with Crippen LogP contribution in [0.2, 0.25) is 0 Å². The number of benzene rings is 3. The summed E-state index contributed by atoms with van der Waals surface area (Å²) in [5, 5.41) is 5.06. The van der Waals surface area contributed by atoms with E-state index in [0.29, 0.717) is 19.4 Å². The molecule has 0 saturated heterocycles. The van der Waals surface area contributed by atoms with Gasteiger partial charge in [0.2, 0.25) is 5.91 Å². The molecular weight excluding hydrogens is 360 g/mol. The molecule has 1 aliphatic heterocycles. The third-order valence-corrected chi connectivity index (χ3v) is 5.49. The minimum Gasteiger partial charge on any atom is -0.326 e. The van der Waals surface area contributed by atoms with Gasteiger partial charge in [0, 0.05) is 29.6 Å². The molecule has 0 aliphatic carbocycles. The van der Waals surface area contributed by atoms with E-state index in [1.165, 1.54) is 18.4 Å². The number of rotatable bonds is 8. The molecule has 0 bridgehead atoms. The molecule has 0 atom stereocenters. The number of amides is 2. The van der Waals surface area contributed by atoms with Gasteiger partial charge in [-0.25, -0.2) is 0 Å². The van der Waals surface area contributed by atoms with Gasteiger partial charge in [0.15, 0.2) is 0 Å². The molecule has 0 fully saturated rings. The molecular formula is C25H26N2O2. The molecule has 1 aliphatic rings. The van der Waals surface area contributed by atoms with Gasteiger partial charge in [0.1, 0.15) is 0 Å². The molecule has 2 amide bonds. The van der Waals surface area contributed by atoms with Crippen LogP contribution in [0.5, 0.6) is 0 Å². The summed E-state index contributed by atoms with van der Waals surface area (Å²) in [7, 11) is 0. The fourth-order valence-electron chi connectivity index (χ4n) is 3.96. The molecule has 3 aromatic rings. The zero-order chi connectivity index (χ0) is 20.2. The van der Waals surface area contributed by atoms with Crippen molar-refractivity contribution in [1.82, 2.24) is 0 Å². The molecule has 4 nitrogen and oxygen atoms in total. The molecule has 148 valence electrons. The zero-order valence-electron chi connectivity index (χ0n) is 16.8. The number of unbranched alkanes of at least 4 members (excludes halogenated alkanes) is 1. The van der Waals surface area contributed by atoms with Gasteiger partial charge < -0.3 is 10.2 Å². The van der Waals surface area contributed by atoms with Crippen molar-refractivity contribution in [1.29, 1.82) is 0 Å². The van der Waals surface area contributed by atoms with Crippen LogP contribution in [0.4, 0.5) is 11.4 Å². The Bertz CT molecular complexity index is 1040. The SMILES string of the molecule is CCCCc1ccc(NC(=O)CCCN2C(=O)c3cccc4cccc2c34)cc1. The van der Waals surface area contributed by atoms with E-state index < -0.39 is 0 Å². The van der Waals surface area contributed by atoms with E-state index in [-0.39, 0.29) is 11.8 Å². The lowest BCUT2D eigenvalue weighted by atomic mass is 10.1. The van der Waals surface area contributed by atoms with Gasteiger partial charge in [0.05, 0.1) is 5.69 Å². The molecule has 0 aromatic heterocycles. The van der Waals surface area contributed by atoms with Gasteiger partial charge in [-0.1, -0.05) is 49.7 Å². The lowest BCUT2D eigenvalue weighted by molar-refractivity contribution is -0.116. The zero-order valence-corrected chi connectivity index (χ0v) is 16.8. The predicted molar refractivity (Wildman–Crippen MR) is 119 cm³/mol. The summed E-state index contributed by atoms with van der Waals surface area (Å²) in [5.74, 6) is 0.00792. The first-order chi connectivity index (χ1) is 14.2. The minimum absolute atomic E-state index is 0.0197. The van der Waals surface area contributed by atoms with Crippen LogP contribution < -0.4 is 10.2 Å². The van der Waals surface area contributed by atoms with Crippen molar-refractivity contribution < 1.29 is 9.59 Å². The highest BCUT2D eigenvalue weighted by Gasteiger charge is 2.28. The largest absolute Gasteiger partial charge is 0.326 e. The quantitative estimate of drug-likeness (QED) is 0.551. The van der Waals surface area contributed by atoms with Crippen LogP contribution in [-0.4, -0.2) is 18.4 Å². The second-order valence-corrected chi connectivity index (χ2v) is 7.59. The van der Waals surface area contributed by atoms with Crippen LogP contribution in [0.3, 0.4) is 0 Å². The van der Waals surface area contributed by atoms with Crippen molar-refractivity contribution in [3.8, 4) is 0 Å². The molecule has 29 heavy (non-hydrogen) atoms. The Labute approximate surface area is 171 Å². The molecule has 3 aromatic carbocycles. The summed E-state index contributed by atoms with van der Waals surface area (Å²) >= 11 is 0. The Morgan fingerprint density at radius 3 is 2.48 bits per heavy atom. The molecule has 1 heterocycles. The molecule has 4 heteroatoms. The van der Waals surface area contributed by atoms with E-state index in [4.69, 9.17) is 0 Å². The first-order valence-electron chi connectivity index (χ1n) is 10.4. The first kappa shape index (κ1) is 19.2. The van der Waals surface area contributed by atoms with Crippen LogP contribution in [0, 0.1) is 0 Å². The third-order valence-electron chi connectivity index (χ3n) is 5.49. The van der Waals surface area contributed by atoms with E-state index in [9.17, 15) is 9.59 Å². The van der Waals surface area contributed by atoms with E-state index in [0.717, 1.165) is 34.1 Å². The molecule has 1 N–H and O–H groups in total. The maximum atomic E-state index is 12.8. The maximum absolute atomic E-state index is 12.8. The average Bonchev–Trinajstić information content (AvgIpc) is 3.01. The summed E-state index contributed by atoms with van der Waals surface area (Å²) in [5.41, 5.74) is 3.83. The molecule has 0 radical (unpaired) electrons. The maximum Gasteiger partial charge on any atom is 0.258 e. The number of hydrogen-bond donors (Lipinski definition) is 1. The van der Waals surface area contributed by atoms with Crippen LogP contribution in [0.1, 0.15) is 48.5 Å². The molecule has 0 saturated carbocycles. The van der Waals surface area contributed by atoms with Crippen molar-refractivity contribution in [3.63, 3.8) is 0 Å². The van der Waals surface area contributed by atoms with Crippen molar-refractivity contribution in [3.05, 3.63) is 71.8 Å². The second kappa shape index (κ2) is 8.48. The number of nitrogens with zero attached hydrogens (tertiary/aromatic N) is 1. The highest BCUT2D eigenvalue weighted by atomic mass is 16.2. The topological polar surface area (TPSA) is 49.4 Å². The van der Waals surface area contributed by atoms with Crippen molar-refractivity contribution in [2.45, 2.75) is 39.0 Å². The van der Waals surface area contributed by atoms with Gasteiger partial charge in [-0.2, -0.15) is 0 Å². The van der Waals surface area contributed by atoms with Gasteiger partial charge in [-0.05, 0) is 54.5 Å². The monoisotopic (exact) mass is 386 g/mol. The van der Waals surface area contributed by atoms with Gasteiger partial charge >= 0.3 is 0 Å². The number of carbonyl (C=O) groups is 2. The smallest absolute Gasteiger partial charge is 0.258 e. The lowest BCUT2D eigenvalue weighted by Crippen LogP contribution is -2.28.